The van der Waals surface area contributed by atoms with Crippen molar-refractivity contribution in [2.75, 3.05) is 36.0 Å². The lowest BCUT2D eigenvalue weighted by molar-refractivity contribution is 0.865. The second kappa shape index (κ2) is 9.64. The minimum absolute atomic E-state index is 1.04. The van der Waals surface area contributed by atoms with Crippen LogP contribution < -0.4 is 9.80 Å². The van der Waals surface area contributed by atoms with Crippen molar-refractivity contribution < 1.29 is 0 Å². The smallest absolute Gasteiger partial charge is 0.0369 e. The number of allylic oxidation sites excluding steroid dienone is 1. The third-order valence-corrected chi connectivity index (χ3v) is 5.55. The van der Waals surface area contributed by atoms with Crippen molar-refractivity contribution in [3.05, 3.63) is 64.7 Å². The summed E-state index contributed by atoms with van der Waals surface area (Å²) in [6, 6.07) is 13.7. The van der Waals surface area contributed by atoms with E-state index >= 15 is 0 Å². The van der Waals surface area contributed by atoms with Crippen LogP contribution in [0.2, 0.25) is 0 Å². The molecule has 0 spiro atoms. The highest BCUT2D eigenvalue weighted by Gasteiger charge is 2.13. The number of rotatable bonds is 8. The zero-order valence-electron chi connectivity index (χ0n) is 18.3. The maximum atomic E-state index is 2.40. The fourth-order valence-corrected chi connectivity index (χ4v) is 3.93. The molecule has 27 heavy (non-hydrogen) atoms. The van der Waals surface area contributed by atoms with E-state index in [2.05, 4.69) is 101 Å². The van der Waals surface area contributed by atoms with E-state index in [-0.39, 0.29) is 0 Å². The normalized spacial score (nSPS) is 10.6. The van der Waals surface area contributed by atoms with Gasteiger partial charge in [-0.3, -0.25) is 0 Å². The van der Waals surface area contributed by atoms with Crippen LogP contribution >= 0.6 is 0 Å². The van der Waals surface area contributed by atoms with Crippen LogP contribution in [0.1, 0.15) is 56.9 Å². The molecule has 0 aliphatic rings. The van der Waals surface area contributed by atoms with Crippen LogP contribution in [0.4, 0.5) is 11.4 Å². The van der Waals surface area contributed by atoms with E-state index < -0.39 is 0 Å². The van der Waals surface area contributed by atoms with E-state index in [1.165, 1.54) is 39.2 Å². The molecule has 0 unspecified atom stereocenters. The molecule has 0 atom stereocenters. The summed E-state index contributed by atoms with van der Waals surface area (Å²) in [6.07, 6.45) is 2.25. The molecule has 0 fully saturated rings. The maximum Gasteiger partial charge on any atom is 0.0369 e. The predicted octanol–water partition coefficient (Wildman–Crippen LogP) is 6.45. The molecular formula is C25H36N2. The molecule has 2 heteroatoms. The maximum absolute atomic E-state index is 2.40. The molecule has 2 aromatic carbocycles. The summed E-state index contributed by atoms with van der Waals surface area (Å²) in [6.45, 7) is 19.6. The van der Waals surface area contributed by atoms with Gasteiger partial charge in [0.2, 0.25) is 0 Å². The lowest BCUT2D eigenvalue weighted by Crippen LogP contribution is -2.22. The summed E-state index contributed by atoms with van der Waals surface area (Å²) in [5, 5.41) is 0. The average Bonchev–Trinajstić information content (AvgIpc) is 2.67. The Kier molecular flexibility index (Phi) is 7.53. The number of benzene rings is 2. The molecule has 0 bridgehead atoms. The first-order valence-corrected chi connectivity index (χ1v) is 10.4. The lowest BCUT2D eigenvalue weighted by Gasteiger charge is -2.24. The van der Waals surface area contributed by atoms with Crippen molar-refractivity contribution >= 4 is 16.9 Å². The first kappa shape index (κ1) is 21.1. The molecule has 0 N–H and O–H groups in total. The van der Waals surface area contributed by atoms with E-state index in [0.29, 0.717) is 0 Å². The Morgan fingerprint density at radius 1 is 0.704 bits per heavy atom. The van der Waals surface area contributed by atoms with E-state index in [4.69, 9.17) is 0 Å². The number of anilines is 2. The van der Waals surface area contributed by atoms with Crippen molar-refractivity contribution in [1.29, 1.82) is 0 Å². The third-order valence-electron chi connectivity index (χ3n) is 5.55. The van der Waals surface area contributed by atoms with E-state index in [9.17, 15) is 0 Å². The van der Waals surface area contributed by atoms with Gasteiger partial charge in [-0.25, -0.2) is 0 Å². The molecule has 0 radical (unpaired) electrons. The first-order valence-electron chi connectivity index (χ1n) is 10.4. The summed E-state index contributed by atoms with van der Waals surface area (Å²) in [5.41, 5.74) is 9.26. The third kappa shape index (κ3) is 4.55. The average molecular weight is 365 g/mol. The summed E-state index contributed by atoms with van der Waals surface area (Å²) < 4.78 is 0. The Bertz CT molecular complexity index is 717. The Hall–Kier alpha value is -2.22. The van der Waals surface area contributed by atoms with Gasteiger partial charge in [0.25, 0.3) is 0 Å². The molecule has 2 aromatic rings. The summed E-state index contributed by atoms with van der Waals surface area (Å²) in [7, 11) is 0. The molecule has 0 saturated heterocycles. The summed E-state index contributed by atoms with van der Waals surface area (Å²) >= 11 is 0. The molecular weight excluding hydrogens is 328 g/mol. The van der Waals surface area contributed by atoms with Crippen LogP contribution in [-0.2, 0) is 0 Å². The zero-order chi connectivity index (χ0) is 20.0. The van der Waals surface area contributed by atoms with Gasteiger partial charge in [-0.2, -0.15) is 0 Å². The highest BCUT2D eigenvalue weighted by Crippen LogP contribution is 2.32. The largest absolute Gasteiger partial charge is 0.372 e. The molecule has 0 amide bonds. The van der Waals surface area contributed by atoms with Crippen LogP contribution in [0.25, 0.3) is 5.57 Å². The topological polar surface area (TPSA) is 6.48 Å². The number of nitrogens with zero attached hydrogens (tertiary/aromatic N) is 2. The lowest BCUT2D eigenvalue weighted by atomic mass is 9.91. The molecule has 0 heterocycles. The molecule has 146 valence electrons. The van der Waals surface area contributed by atoms with Crippen LogP contribution in [-0.4, -0.2) is 26.2 Å². The Morgan fingerprint density at radius 3 is 1.33 bits per heavy atom. The Labute approximate surface area is 166 Å². The summed E-state index contributed by atoms with van der Waals surface area (Å²) in [5.74, 6) is 0. The Balaban J connectivity index is 2.43. The molecule has 0 aliphatic heterocycles. The van der Waals surface area contributed by atoms with Gasteiger partial charge < -0.3 is 9.80 Å². The Morgan fingerprint density at radius 2 is 1.07 bits per heavy atom. The van der Waals surface area contributed by atoms with Gasteiger partial charge >= 0.3 is 0 Å². The number of hydrogen-bond acceptors (Lipinski definition) is 2. The standard InChI is InChI=1S/C25H36N2/c1-8-23(24-15-13-21(17-19(24)6)26(9-2)10-3)25-16-14-22(18-20(25)7)27(11-4)12-5/h8,13-18H,9-12H2,1-7H3. The van der Waals surface area contributed by atoms with Gasteiger partial charge in [-0.05, 0) is 101 Å². The molecule has 0 saturated carbocycles. The van der Waals surface area contributed by atoms with Crippen molar-refractivity contribution in [3.8, 4) is 0 Å². The number of hydrogen-bond donors (Lipinski definition) is 0. The van der Waals surface area contributed by atoms with Gasteiger partial charge in [0.1, 0.15) is 0 Å². The van der Waals surface area contributed by atoms with Crippen molar-refractivity contribution in [2.24, 2.45) is 0 Å². The van der Waals surface area contributed by atoms with Gasteiger partial charge in [-0.15, -0.1) is 0 Å². The predicted molar refractivity (Wildman–Crippen MR) is 122 cm³/mol. The van der Waals surface area contributed by atoms with Crippen molar-refractivity contribution in [1.82, 2.24) is 0 Å². The zero-order valence-corrected chi connectivity index (χ0v) is 18.3. The SMILES string of the molecule is CC=C(c1ccc(N(CC)CC)cc1C)c1ccc(N(CC)CC)cc1C. The van der Waals surface area contributed by atoms with E-state index in [1.807, 2.05) is 0 Å². The van der Waals surface area contributed by atoms with Gasteiger partial charge in [0, 0.05) is 37.6 Å². The highest BCUT2D eigenvalue weighted by atomic mass is 15.1. The van der Waals surface area contributed by atoms with Crippen LogP contribution in [0.3, 0.4) is 0 Å². The molecule has 2 rings (SSSR count). The monoisotopic (exact) mass is 364 g/mol. The van der Waals surface area contributed by atoms with Gasteiger partial charge in [-0.1, -0.05) is 18.2 Å². The quantitative estimate of drug-likeness (QED) is 0.531. The summed E-state index contributed by atoms with van der Waals surface area (Å²) in [4.78, 5) is 4.80. The van der Waals surface area contributed by atoms with E-state index in [0.717, 1.165) is 26.2 Å². The van der Waals surface area contributed by atoms with Crippen LogP contribution in [0.15, 0.2) is 42.5 Å². The molecule has 0 aliphatic carbocycles. The minimum Gasteiger partial charge on any atom is -0.372 e. The molecule has 2 nitrogen and oxygen atoms in total. The number of aryl methyl sites for hydroxylation is 2. The first-order chi connectivity index (χ1) is 13.0. The fourth-order valence-electron chi connectivity index (χ4n) is 3.93. The fraction of sp³-hybridized carbons (Fsp3) is 0.440. The second-order valence-electron chi connectivity index (χ2n) is 7.05. The second-order valence-corrected chi connectivity index (χ2v) is 7.05. The van der Waals surface area contributed by atoms with E-state index in [1.54, 1.807) is 0 Å². The van der Waals surface area contributed by atoms with Gasteiger partial charge in [0.05, 0.1) is 0 Å². The minimum atomic E-state index is 1.04. The van der Waals surface area contributed by atoms with Gasteiger partial charge in [0.15, 0.2) is 0 Å². The highest BCUT2D eigenvalue weighted by molar-refractivity contribution is 5.84. The molecule has 0 aromatic heterocycles. The van der Waals surface area contributed by atoms with Crippen molar-refractivity contribution in [3.63, 3.8) is 0 Å². The van der Waals surface area contributed by atoms with Crippen LogP contribution in [0.5, 0.6) is 0 Å². The van der Waals surface area contributed by atoms with Crippen LogP contribution in [0, 0.1) is 13.8 Å². The van der Waals surface area contributed by atoms with Crippen molar-refractivity contribution in [2.45, 2.75) is 48.5 Å².